The molecule has 1 aromatic heterocycles. The molecule has 1 N–H and O–H groups in total. The number of thiazole rings is 1. The van der Waals surface area contributed by atoms with Crippen molar-refractivity contribution in [2.75, 3.05) is 6.61 Å². The second kappa shape index (κ2) is 4.11. The van der Waals surface area contributed by atoms with Crippen LogP contribution in [-0.4, -0.2) is 11.6 Å². The second-order valence-electron chi connectivity index (χ2n) is 3.02. The summed E-state index contributed by atoms with van der Waals surface area (Å²) in [5, 5.41) is 0. The van der Waals surface area contributed by atoms with E-state index in [4.69, 9.17) is 17.0 Å². The summed E-state index contributed by atoms with van der Waals surface area (Å²) in [5.74, 6) is 0.921. The molecule has 0 unspecified atom stereocenters. The monoisotopic (exact) mass is 225 g/mol. The Morgan fingerprint density at radius 2 is 2.36 bits per heavy atom. The van der Waals surface area contributed by atoms with E-state index in [2.05, 4.69) is 11.9 Å². The lowest BCUT2D eigenvalue weighted by Gasteiger charge is -2.03. The van der Waals surface area contributed by atoms with Gasteiger partial charge in [0.2, 0.25) is 0 Å². The zero-order valence-corrected chi connectivity index (χ0v) is 9.50. The van der Waals surface area contributed by atoms with Crippen LogP contribution in [0.1, 0.15) is 13.3 Å². The standard InChI is InChI=1S/C10H11NOS2/c1-2-5-12-7-3-4-8-9(6-7)14-10(13)11-8/h3-4,6H,2,5H2,1H3,(H,11,13). The Kier molecular flexibility index (Phi) is 2.84. The molecule has 14 heavy (non-hydrogen) atoms. The third-order valence-corrected chi connectivity index (χ3v) is 3.06. The number of rotatable bonds is 3. The lowest BCUT2D eigenvalue weighted by Crippen LogP contribution is -1.93. The average Bonchev–Trinajstić information content (AvgIpc) is 2.54. The SMILES string of the molecule is CCCOc1ccc2[nH]c(=S)sc2c1. The van der Waals surface area contributed by atoms with Gasteiger partial charge in [-0.2, -0.15) is 0 Å². The van der Waals surface area contributed by atoms with Crippen molar-refractivity contribution in [3.8, 4) is 5.75 Å². The van der Waals surface area contributed by atoms with Crippen LogP contribution >= 0.6 is 23.6 Å². The number of aromatic nitrogens is 1. The van der Waals surface area contributed by atoms with Gasteiger partial charge in [-0.3, -0.25) is 0 Å². The largest absolute Gasteiger partial charge is 0.494 e. The molecule has 0 aliphatic carbocycles. The molecular weight excluding hydrogens is 214 g/mol. The first-order valence-electron chi connectivity index (χ1n) is 4.55. The Morgan fingerprint density at radius 3 is 3.14 bits per heavy atom. The lowest BCUT2D eigenvalue weighted by molar-refractivity contribution is 0.318. The molecule has 0 aliphatic rings. The van der Waals surface area contributed by atoms with Crippen LogP contribution < -0.4 is 4.74 Å². The highest BCUT2D eigenvalue weighted by atomic mass is 32.1. The third-order valence-electron chi connectivity index (χ3n) is 1.87. The van der Waals surface area contributed by atoms with Crippen LogP contribution in [0.4, 0.5) is 0 Å². The zero-order chi connectivity index (χ0) is 9.97. The summed E-state index contributed by atoms with van der Waals surface area (Å²) in [5.41, 5.74) is 1.09. The molecule has 0 aliphatic heterocycles. The molecule has 0 saturated carbocycles. The van der Waals surface area contributed by atoms with Crippen LogP contribution in [0.3, 0.4) is 0 Å². The molecule has 2 aromatic rings. The van der Waals surface area contributed by atoms with Crippen LogP contribution in [0.25, 0.3) is 10.2 Å². The number of aromatic amines is 1. The predicted octanol–water partition coefficient (Wildman–Crippen LogP) is 3.75. The number of H-pyrrole nitrogens is 1. The molecule has 2 nitrogen and oxygen atoms in total. The average molecular weight is 225 g/mol. The van der Waals surface area contributed by atoms with Gasteiger partial charge in [0.15, 0.2) is 3.95 Å². The highest BCUT2D eigenvalue weighted by Gasteiger charge is 1.99. The molecule has 74 valence electrons. The maximum Gasteiger partial charge on any atom is 0.159 e. The molecule has 1 aromatic carbocycles. The van der Waals surface area contributed by atoms with Crippen LogP contribution in [0, 0.1) is 3.95 Å². The number of fused-ring (bicyclic) bond motifs is 1. The maximum absolute atomic E-state index is 5.53. The first-order valence-corrected chi connectivity index (χ1v) is 5.78. The van der Waals surface area contributed by atoms with E-state index in [0.717, 1.165) is 32.9 Å². The van der Waals surface area contributed by atoms with Crippen molar-refractivity contribution in [3.63, 3.8) is 0 Å². The third kappa shape index (κ3) is 1.96. The molecule has 0 spiro atoms. The summed E-state index contributed by atoms with van der Waals surface area (Å²) in [6.07, 6.45) is 1.03. The molecule has 0 fully saturated rings. The highest BCUT2D eigenvalue weighted by molar-refractivity contribution is 7.73. The fraction of sp³-hybridized carbons (Fsp3) is 0.300. The van der Waals surface area contributed by atoms with E-state index < -0.39 is 0 Å². The molecule has 0 bridgehead atoms. The van der Waals surface area contributed by atoms with Crippen LogP contribution in [0.2, 0.25) is 0 Å². The van der Waals surface area contributed by atoms with Crippen molar-refractivity contribution < 1.29 is 4.74 Å². The van der Waals surface area contributed by atoms with E-state index in [1.165, 1.54) is 0 Å². The Bertz CT molecular complexity index is 486. The predicted molar refractivity (Wildman–Crippen MR) is 62.8 cm³/mol. The van der Waals surface area contributed by atoms with Gasteiger partial charge >= 0.3 is 0 Å². The van der Waals surface area contributed by atoms with Crippen molar-refractivity contribution in [2.45, 2.75) is 13.3 Å². The minimum atomic E-state index is 0.765. The van der Waals surface area contributed by atoms with Crippen molar-refractivity contribution in [3.05, 3.63) is 22.2 Å². The normalized spacial score (nSPS) is 10.6. The molecule has 0 saturated heterocycles. The number of benzene rings is 1. The molecule has 2 rings (SSSR count). The summed E-state index contributed by atoms with van der Waals surface area (Å²) >= 11 is 6.64. The van der Waals surface area contributed by atoms with Crippen molar-refractivity contribution in [1.82, 2.24) is 4.98 Å². The molecule has 0 atom stereocenters. The van der Waals surface area contributed by atoms with Gasteiger partial charge in [-0.15, -0.1) is 11.3 Å². The van der Waals surface area contributed by atoms with Crippen LogP contribution in [-0.2, 0) is 0 Å². The van der Waals surface area contributed by atoms with Gasteiger partial charge in [-0.25, -0.2) is 0 Å². The van der Waals surface area contributed by atoms with E-state index in [0.29, 0.717) is 0 Å². The summed E-state index contributed by atoms with van der Waals surface area (Å²) in [6, 6.07) is 6.00. The quantitative estimate of drug-likeness (QED) is 0.805. The van der Waals surface area contributed by atoms with Crippen molar-refractivity contribution >= 4 is 33.8 Å². The lowest BCUT2D eigenvalue weighted by atomic mass is 10.3. The molecule has 1 heterocycles. The first kappa shape index (κ1) is 9.68. The van der Waals surface area contributed by atoms with Gasteiger partial charge in [0, 0.05) is 0 Å². The van der Waals surface area contributed by atoms with E-state index >= 15 is 0 Å². The fourth-order valence-electron chi connectivity index (χ4n) is 1.24. The minimum Gasteiger partial charge on any atom is -0.494 e. The smallest absolute Gasteiger partial charge is 0.159 e. The van der Waals surface area contributed by atoms with Gasteiger partial charge in [0.1, 0.15) is 5.75 Å². The van der Waals surface area contributed by atoms with Gasteiger partial charge < -0.3 is 9.72 Å². The number of ether oxygens (including phenoxy) is 1. The van der Waals surface area contributed by atoms with E-state index in [1.807, 2.05) is 18.2 Å². The second-order valence-corrected chi connectivity index (χ2v) is 4.74. The summed E-state index contributed by atoms with van der Waals surface area (Å²) in [6.45, 7) is 2.86. The summed E-state index contributed by atoms with van der Waals surface area (Å²) in [7, 11) is 0. The number of nitrogens with one attached hydrogen (secondary N) is 1. The molecular formula is C10H11NOS2. The van der Waals surface area contributed by atoms with Crippen molar-refractivity contribution in [1.29, 1.82) is 0 Å². The molecule has 0 amide bonds. The van der Waals surface area contributed by atoms with E-state index in [9.17, 15) is 0 Å². The Balaban J connectivity index is 2.35. The Morgan fingerprint density at radius 1 is 1.50 bits per heavy atom. The topological polar surface area (TPSA) is 25.0 Å². The molecule has 0 radical (unpaired) electrons. The highest BCUT2D eigenvalue weighted by Crippen LogP contribution is 2.24. The summed E-state index contributed by atoms with van der Waals surface area (Å²) < 4.78 is 7.50. The van der Waals surface area contributed by atoms with Gasteiger partial charge in [-0.1, -0.05) is 6.92 Å². The van der Waals surface area contributed by atoms with E-state index in [1.54, 1.807) is 11.3 Å². The van der Waals surface area contributed by atoms with Gasteiger partial charge in [0.05, 0.1) is 16.8 Å². The number of hydrogen-bond acceptors (Lipinski definition) is 3. The van der Waals surface area contributed by atoms with E-state index in [-0.39, 0.29) is 0 Å². The molecule has 4 heteroatoms. The van der Waals surface area contributed by atoms with Gasteiger partial charge in [0.25, 0.3) is 0 Å². The Labute approximate surface area is 91.5 Å². The van der Waals surface area contributed by atoms with Crippen molar-refractivity contribution in [2.24, 2.45) is 0 Å². The van der Waals surface area contributed by atoms with Gasteiger partial charge in [-0.05, 0) is 36.8 Å². The van der Waals surface area contributed by atoms with Crippen LogP contribution in [0.15, 0.2) is 18.2 Å². The zero-order valence-electron chi connectivity index (χ0n) is 7.87. The Hall–Kier alpha value is -0.870. The maximum atomic E-state index is 5.53. The van der Waals surface area contributed by atoms with Crippen LogP contribution in [0.5, 0.6) is 5.75 Å². The minimum absolute atomic E-state index is 0.765. The fourth-order valence-corrected chi connectivity index (χ4v) is 2.38. The number of hydrogen-bond donors (Lipinski definition) is 1. The summed E-state index contributed by atoms with van der Waals surface area (Å²) in [4.78, 5) is 3.12. The first-order chi connectivity index (χ1) is 6.79.